The fourth-order valence-corrected chi connectivity index (χ4v) is 5.38. The molecule has 0 saturated heterocycles. The van der Waals surface area contributed by atoms with E-state index in [1.807, 2.05) is 30.3 Å². The zero-order chi connectivity index (χ0) is 15.1. The molecule has 2 aromatic rings. The van der Waals surface area contributed by atoms with Gasteiger partial charge in [0.05, 0.1) is 15.7 Å². The Labute approximate surface area is 124 Å². The molecule has 1 saturated carbocycles. The molecule has 0 radical (unpaired) electrons. The number of hydrogen-bond donors (Lipinski definition) is 2. The third-order valence-electron chi connectivity index (χ3n) is 4.22. The van der Waals surface area contributed by atoms with Gasteiger partial charge in [-0.1, -0.05) is 48.5 Å². The van der Waals surface area contributed by atoms with Crippen molar-refractivity contribution < 1.29 is 8.42 Å². The van der Waals surface area contributed by atoms with Crippen LogP contribution in [0.25, 0.3) is 0 Å². The van der Waals surface area contributed by atoms with Crippen LogP contribution in [0.1, 0.15) is 11.5 Å². The van der Waals surface area contributed by atoms with Crippen molar-refractivity contribution in [1.29, 1.82) is 0 Å². The Morgan fingerprint density at radius 3 is 2.00 bits per heavy atom. The highest BCUT2D eigenvalue weighted by Crippen LogP contribution is 2.54. The molecule has 0 amide bonds. The van der Waals surface area contributed by atoms with Gasteiger partial charge in [-0.2, -0.15) is 0 Å². The summed E-state index contributed by atoms with van der Waals surface area (Å²) < 4.78 is 25.6. The van der Waals surface area contributed by atoms with Crippen LogP contribution in [0.2, 0.25) is 0 Å². The lowest BCUT2D eigenvalue weighted by atomic mass is 10.1. The lowest BCUT2D eigenvalue weighted by Gasteiger charge is -2.08. The summed E-state index contributed by atoms with van der Waals surface area (Å²) in [6.45, 7) is 0.142. The monoisotopic (exact) mass is 302 g/mol. The van der Waals surface area contributed by atoms with Crippen LogP contribution in [0.4, 0.5) is 0 Å². The number of rotatable bonds is 4. The van der Waals surface area contributed by atoms with Gasteiger partial charge in [0.1, 0.15) is 0 Å². The third-order valence-corrected chi connectivity index (χ3v) is 6.53. The van der Waals surface area contributed by atoms with E-state index in [1.54, 1.807) is 30.3 Å². The maximum absolute atomic E-state index is 12.8. The minimum absolute atomic E-state index is 0.142. The Balaban J connectivity index is 2.03. The van der Waals surface area contributed by atoms with Gasteiger partial charge in [0.2, 0.25) is 0 Å². The van der Waals surface area contributed by atoms with Gasteiger partial charge in [0, 0.05) is 12.5 Å². The van der Waals surface area contributed by atoms with E-state index in [0.29, 0.717) is 4.90 Å². The molecule has 0 aliphatic heterocycles. The molecule has 0 aromatic heterocycles. The summed E-state index contributed by atoms with van der Waals surface area (Å²) in [5.41, 5.74) is 12.1. The highest BCUT2D eigenvalue weighted by atomic mass is 32.2. The van der Waals surface area contributed by atoms with E-state index in [0.717, 1.165) is 5.56 Å². The Morgan fingerprint density at radius 1 is 0.952 bits per heavy atom. The van der Waals surface area contributed by atoms with Crippen molar-refractivity contribution in [3.8, 4) is 0 Å². The van der Waals surface area contributed by atoms with Crippen LogP contribution < -0.4 is 11.5 Å². The lowest BCUT2D eigenvalue weighted by molar-refractivity contribution is 0.586. The summed E-state index contributed by atoms with van der Waals surface area (Å²) in [6.07, 6.45) is 0. The van der Waals surface area contributed by atoms with Crippen molar-refractivity contribution >= 4 is 9.84 Å². The van der Waals surface area contributed by atoms with E-state index < -0.39 is 20.6 Å². The molecule has 3 rings (SSSR count). The summed E-state index contributed by atoms with van der Waals surface area (Å²) in [5.74, 6) is -0.256. The van der Waals surface area contributed by atoms with Crippen LogP contribution in [0.3, 0.4) is 0 Å². The first-order valence-electron chi connectivity index (χ1n) is 6.84. The summed E-state index contributed by atoms with van der Waals surface area (Å²) in [4.78, 5) is 0.303. The molecule has 1 aliphatic rings. The average molecular weight is 302 g/mol. The van der Waals surface area contributed by atoms with E-state index in [4.69, 9.17) is 11.5 Å². The second-order valence-electron chi connectivity index (χ2n) is 5.48. The molecule has 0 heterocycles. The molecule has 1 aliphatic carbocycles. The minimum atomic E-state index is -3.49. The molecule has 0 spiro atoms. The van der Waals surface area contributed by atoms with Gasteiger partial charge in [-0.3, -0.25) is 0 Å². The Hall–Kier alpha value is -1.69. The summed E-state index contributed by atoms with van der Waals surface area (Å²) in [5, 5.41) is -0.667. The first kappa shape index (κ1) is 14.3. The Morgan fingerprint density at radius 2 is 1.48 bits per heavy atom. The molecule has 4 nitrogen and oxygen atoms in total. The van der Waals surface area contributed by atoms with E-state index in [-0.39, 0.29) is 12.5 Å². The Bertz CT molecular complexity index is 731. The van der Waals surface area contributed by atoms with E-state index in [9.17, 15) is 8.42 Å². The van der Waals surface area contributed by atoms with Gasteiger partial charge in [0.15, 0.2) is 9.84 Å². The second-order valence-corrected chi connectivity index (χ2v) is 7.55. The van der Waals surface area contributed by atoms with Gasteiger partial charge in [-0.25, -0.2) is 8.42 Å². The predicted molar refractivity (Wildman–Crippen MR) is 82.6 cm³/mol. The number of sulfone groups is 1. The SMILES string of the molecule is NCC1(N)C(c2ccccc2)C1S(=O)(=O)c1ccccc1. The fourth-order valence-electron chi connectivity index (χ4n) is 3.04. The van der Waals surface area contributed by atoms with Gasteiger partial charge < -0.3 is 11.5 Å². The average Bonchev–Trinajstić information content (AvgIpc) is 3.17. The zero-order valence-electron chi connectivity index (χ0n) is 11.5. The quantitative estimate of drug-likeness (QED) is 0.891. The molecule has 3 unspecified atom stereocenters. The second kappa shape index (κ2) is 4.94. The van der Waals surface area contributed by atoms with Crippen LogP contribution in [-0.2, 0) is 9.84 Å². The molecule has 5 heteroatoms. The van der Waals surface area contributed by atoms with Gasteiger partial charge in [0.25, 0.3) is 0 Å². The molecule has 21 heavy (non-hydrogen) atoms. The maximum atomic E-state index is 12.8. The molecular weight excluding hydrogens is 284 g/mol. The summed E-state index contributed by atoms with van der Waals surface area (Å²) in [6, 6.07) is 17.9. The normalized spacial score (nSPS) is 28.3. The van der Waals surface area contributed by atoms with Crippen LogP contribution in [0.15, 0.2) is 65.6 Å². The maximum Gasteiger partial charge on any atom is 0.183 e. The van der Waals surface area contributed by atoms with Crippen LogP contribution in [0.5, 0.6) is 0 Å². The fraction of sp³-hybridized carbons (Fsp3) is 0.250. The van der Waals surface area contributed by atoms with Crippen LogP contribution in [-0.4, -0.2) is 25.8 Å². The predicted octanol–water partition coefficient (Wildman–Crippen LogP) is 1.28. The largest absolute Gasteiger partial charge is 0.329 e. The summed E-state index contributed by atoms with van der Waals surface area (Å²) in [7, 11) is -3.49. The molecule has 110 valence electrons. The van der Waals surface area contributed by atoms with E-state index >= 15 is 0 Å². The Kier molecular flexibility index (Phi) is 3.36. The van der Waals surface area contributed by atoms with E-state index in [2.05, 4.69) is 0 Å². The van der Waals surface area contributed by atoms with Crippen molar-refractivity contribution in [3.05, 3.63) is 66.2 Å². The van der Waals surface area contributed by atoms with Crippen molar-refractivity contribution in [1.82, 2.24) is 0 Å². The van der Waals surface area contributed by atoms with Crippen molar-refractivity contribution in [3.63, 3.8) is 0 Å². The smallest absolute Gasteiger partial charge is 0.183 e. The first-order chi connectivity index (χ1) is 10.0. The zero-order valence-corrected chi connectivity index (χ0v) is 12.3. The van der Waals surface area contributed by atoms with Gasteiger partial charge in [-0.15, -0.1) is 0 Å². The van der Waals surface area contributed by atoms with Crippen LogP contribution in [0, 0.1) is 0 Å². The van der Waals surface area contributed by atoms with Crippen LogP contribution >= 0.6 is 0 Å². The number of benzene rings is 2. The van der Waals surface area contributed by atoms with Crippen molar-refractivity contribution in [2.45, 2.75) is 21.6 Å². The topological polar surface area (TPSA) is 86.2 Å². The minimum Gasteiger partial charge on any atom is -0.329 e. The molecule has 0 bridgehead atoms. The third kappa shape index (κ3) is 2.18. The molecule has 3 atom stereocenters. The highest BCUT2D eigenvalue weighted by Gasteiger charge is 2.68. The standard InChI is InChI=1S/C16H18N2O2S/c17-11-16(18)14(12-7-3-1-4-8-12)15(16)21(19,20)13-9-5-2-6-10-13/h1-10,14-15H,11,17-18H2. The van der Waals surface area contributed by atoms with Crippen molar-refractivity contribution in [2.24, 2.45) is 11.5 Å². The number of nitrogens with two attached hydrogens (primary N) is 2. The van der Waals surface area contributed by atoms with Crippen molar-refractivity contribution in [2.75, 3.05) is 6.54 Å². The number of hydrogen-bond acceptors (Lipinski definition) is 4. The van der Waals surface area contributed by atoms with Gasteiger partial charge >= 0.3 is 0 Å². The molecular formula is C16H18N2O2S. The molecule has 4 N–H and O–H groups in total. The molecule has 1 fully saturated rings. The summed E-state index contributed by atoms with van der Waals surface area (Å²) >= 11 is 0. The molecule has 2 aromatic carbocycles. The van der Waals surface area contributed by atoms with E-state index in [1.165, 1.54) is 0 Å². The lowest BCUT2D eigenvalue weighted by Crippen LogP contribution is -2.39. The first-order valence-corrected chi connectivity index (χ1v) is 8.39. The van der Waals surface area contributed by atoms with Gasteiger partial charge in [-0.05, 0) is 17.7 Å². The highest BCUT2D eigenvalue weighted by molar-refractivity contribution is 7.92.